The predicted octanol–water partition coefficient (Wildman–Crippen LogP) is 4.03. The highest BCUT2D eigenvalue weighted by atomic mass is 79.9. The van der Waals surface area contributed by atoms with Crippen molar-refractivity contribution >= 4 is 27.7 Å². The summed E-state index contributed by atoms with van der Waals surface area (Å²) in [5, 5.41) is 12.5. The first-order valence-electron chi connectivity index (χ1n) is 6.63. The summed E-state index contributed by atoms with van der Waals surface area (Å²) in [5.41, 5.74) is 0.931. The lowest BCUT2D eigenvalue weighted by Gasteiger charge is -2.00. The molecule has 2 aromatic carbocycles. The second-order valence-electron chi connectivity index (χ2n) is 4.52. The molecular formula is C15H12BrFN4S. The van der Waals surface area contributed by atoms with Crippen LogP contribution in [0.4, 0.5) is 4.39 Å². The summed E-state index contributed by atoms with van der Waals surface area (Å²) in [6.45, 7) is 0.644. The molecule has 0 fully saturated rings. The van der Waals surface area contributed by atoms with Gasteiger partial charge in [-0.25, -0.2) is 4.39 Å². The van der Waals surface area contributed by atoms with Crippen LogP contribution in [0.15, 0.2) is 57.9 Å². The Morgan fingerprint density at radius 1 is 1.05 bits per heavy atom. The Morgan fingerprint density at radius 2 is 1.77 bits per heavy atom. The summed E-state index contributed by atoms with van der Waals surface area (Å²) in [6.07, 6.45) is 0. The maximum Gasteiger partial charge on any atom is 0.204 e. The van der Waals surface area contributed by atoms with Gasteiger partial charge in [0.2, 0.25) is 5.82 Å². The van der Waals surface area contributed by atoms with E-state index in [1.165, 1.54) is 12.1 Å². The van der Waals surface area contributed by atoms with E-state index < -0.39 is 0 Å². The van der Waals surface area contributed by atoms with Crippen LogP contribution in [0.2, 0.25) is 0 Å². The zero-order chi connectivity index (χ0) is 15.4. The zero-order valence-corrected chi connectivity index (χ0v) is 13.9. The van der Waals surface area contributed by atoms with Crippen LogP contribution in [0.5, 0.6) is 0 Å². The SMILES string of the molecule is Fc1ccc(SCCn2nnc(-c3ccc(Br)cc3)n2)cc1. The monoisotopic (exact) mass is 378 g/mol. The normalized spacial score (nSPS) is 10.8. The average molecular weight is 379 g/mol. The van der Waals surface area contributed by atoms with Crippen LogP contribution in [0.1, 0.15) is 0 Å². The number of rotatable bonds is 5. The van der Waals surface area contributed by atoms with Gasteiger partial charge in [-0.2, -0.15) is 4.80 Å². The molecule has 0 aliphatic carbocycles. The molecular weight excluding hydrogens is 367 g/mol. The van der Waals surface area contributed by atoms with Gasteiger partial charge in [0.05, 0.1) is 6.54 Å². The second-order valence-corrected chi connectivity index (χ2v) is 6.60. The van der Waals surface area contributed by atoms with Gasteiger partial charge < -0.3 is 0 Å². The number of aromatic nitrogens is 4. The minimum absolute atomic E-state index is 0.221. The summed E-state index contributed by atoms with van der Waals surface area (Å²) >= 11 is 5.03. The molecule has 0 saturated heterocycles. The van der Waals surface area contributed by atoms with Gasteiger partial charge in [0, 0.05) is 20.7 Å². The molecule has 0 amide bonds. The smallest absolute Gasteiger partial charge is 0.204 e. The molecule has 0 unspecified atom stereocenters. The highest BCUT2D eigenvalue weighted by Gasteiger charge is 2.05. The first kappa shape index (κ1) is 15.2. The predicted molar refractivity (Wildman–Crippen MR) is 88.1 cm³/mol. The van der Waals surface area contributed by atoms with Crippen LogP contribution in [0.25, 0.3) is 11.4 Å². The van der Waals surface area contributed by atoms with Crippen LogP contribution in [0.3, 0.4) is 0 Å². The van der Waals surface area contributed by atoms with Crippen molar-refractivity contribution in [3.8, 4) is 11.4 Å². The van der Waals surface area contributed by atoms with Crippen molar-refractivity contribution in [2.75, 3.05) is 5.75 Å². The first-order valence-corrected chi connectivity index (χ1v) is 8.41. The minimum atomic E-state index is -0.221. The van der Waals surface area contributed by atoms with Crippen molar-refractivity contribution in [1.82, 2.24) is 20.2 Å². The molecule has 4 nitrogen and oxygen atoms in total. The van der Waals surface area contributed by atoms with Crippen LogP contribution in [-0.2, 0) is 6.54 Å². The molecule has 0 spiro atoms. The lowest BCUT2D eigenvalue weighted by atomic mass is 10.2. The third kappa shape index (κ3) is 3.92. The molecule has 0 N–H and O–H groups in total. The Bertz CT molecular complexity index is 743. The zero-order valence-electron chi connectivity index (χ0n) is 11.5. The van der Waals surface area contributed by atoms with Crippen LogP contribution >= 0.6 is 27.7 Å². The first-order chi connectivity index (χ1) is 10.7. The third-order valence-electron chi connectivity index (χ3n) is 2.93. The Hall–Kier alpha value is -1.73. The molecule has 0 aliphatic rings. The van der Waals surface area contributed by atoms with Crippen LogP contribution < -0.4 is 0 Å². The van der Waals surface area contributed by atoms with Gasteiger partial charge in [0.25, 0.3) is 0 Å². The van der Waals surface area contributed by atoms with E-state index in [-0.39, 0.29) is 5.82 Å². The fourth-order valence-electron chi connectivity index (χ4n) is 1.83. The standard InChI is InChI=1S/C15H12BrFN4S/c16-12-3-1-11(2-4-12)15-18-20-21(19-15)9-10-22-14-7-5-13(17)6-8-14/h1-8H,9-10H2. The summed E-state index contributed by atoms with van der Waals surface area (Å²) < 4.78 is 13.8. The number of hydrogen-bond acceptors (Lipinski definition) is 4. The maximum atomic E-state index is 12.8. The number of tetrazole rings is 1. The number of hydrogen-bond donors (Lipinski definition) is 0. The fraction of sp³-hybridized carbons (Fsp3) is 0.133. The van der Waals surface area contributed by atoms with E-state index in [2.05, 4.69) is 31.3 Å². The van der Waals surface area contributed by atoms with Crippen LogP contribution in [-0.4, -0.2) is 26.0 Å². The lowest BCUT2D eigenvalue weighted by Crippen LogP contribution is -2.04. The fourth-order valence-corrected chi connectivity index (χ4v) is 2.91. The maximum absolute atomic E-state index is 12.8. The molecule has 0 saturated carbocycles. The summed E-state index contributed by atoms with van der Waals surface area (Å²) in [6, 6.07) is 14.2. The topological polar surface area (TPSA) is 43.6 Å². The van der Waals surface area contributed by atoms with Crippen molar-refractivity contribution in [3.63, 3.8) is 0 Å². The van der Waals surface area contributed by atoms with Crippen molar-refractivity contribution in [2.45, 2.75) is 11.4 Å². The van der Waals surface area contributed by atoms with E-state index >= 15 is 0 Å². The molecule has 112 valence electrons. The Labute approximate surface area is 139 Å². The largest absolute Gasteiger partial charge is 0.207 e. The molecule has 3 aromatic rings. The van der Waals surface area contributed by atoms with E-state index in [0.29, 0.717) is 12.4 Å². The number of nitrogens with zero attached hydrogens (tertiary/aromatic N) is 4. The summed E-state index contributed by atoms with van der Waals surface area (Å²) in [4.78, 5) is 2.60. The molecule has 1 heterocycles. The molecule has 0 bridgehead atoms. The van der Waals surface area contributed by atoms with E-state index in [9.17, 15) is 4.39 Å². The van der Waals surface area contributed by atoms with Crippen molar-refractivity contribution < 1.29 is 4.39 Å². The average Bonchev–Trinajstić information content (AvgIpc) is 2.99. The Kier molecular flexibility index (Phi) is 4.84. The van der Waals surface area contributed by atoms with E-state index in [4.69, 9.17) is 0 Å². The van der Waals surface area contributed by atoms with E-state index in [1.807, 2.05) is 24.3 Å². The third-order valence-corrected chi connectivity index (χ3v) is 4.45. The van der Waals surface area contributed by atoms with E-state index in [1.54, 1.807) is 28.7 Å². The number of thioether (sulfide) groups is 1. The highest BCUT2D eigenvalue weighted by molar-refractivity contribution is 9.10. The van der Waals surface area contributed by atoms with Crippen molar-refractivity contribution in [3.05, 3.63) is 58.8 Å². The van der Waals surface area contributed by atoms with Crippen LogP contribution in [0, 0.1) is 5.82 Å². The van der Waals surface area contributed by atoms with Gasteiger partial charge in [0.15, 0.2) is 0 Å². The van der Waals surface area contributed by atoms with E-state index in [0.717, 1.165) is 20.7 Å². The van der Waals surface area contributed by atoms with Crippen molar-refractivity contribution in [2.24, 2.45) is 0 Å². The van der Waals surface area contributed by atoms with Gasteiger partial charge in [-0.15, -0.1) is 22.0 Å². The Balaban J connectivity index is 1.57. The second kappa shape index (κ2) is 7.02. The molecule has 0 atom stereocenters. The summed E-state index contributed by atoms with van der Waals surface area (Å²) in [7, 11) is 0. The molecule has 22 heavy (non-hydrogen) atoms. The lowest BCUT2D eigenvalue weighted by molar-refractivity contribution is 0.557. The van der Waals surface area contributed by atoms with Gasteiger partial charge in [-0.05, 0) is 53.7 Å². The number of halogens is 2. The number of benzene rings is 2. The molecule has 3 rings (SSSR count). The quantitative estimate of drug-likeness (QED) is 0.628. The summed E-state index contributed by atoms with van der Waals surface area (Å²) in [5.74, 6) is 1.18. The van der Waals surface area contributed by atoms with Gasteiger partial charge in [0.1, 0.15) is 5.82 Å². The molecule has 0 radical (unpaired) electrons. The number of aryl methyl sites for hydroxylation is 1. The van der Waals surface area contributed by atoms with Crippen molar-refractivity contribution in [1.29, 1.82) is 0 Å². The Morgan fingerprint density at radius 3 is 2.50 bits per heavy atom. The van der Waals surface area contributed by atoms with Gasteiger partial charge >= 0.3 is 0 Å². The minimum Gasteiger partial charge on any atom is -0.207 e. The highest BCUT2D eigenvalue weighted by Crippen LogP contribution is 2.19. The molecule has 1 aromatic heterocycles. The van der Waals surface area contributed by atoms with Gasteiger partial charge in [-0.1, -0.05) is 15.9 Å². The molecule has 0 aliphatic heterocycles. The van der Waals surface area contributed by atoms with Gasteiger partial charge in [-0.3, -0.25) is 0 Å². The molecule has 7 heteroatoms.